The lowest BCUT2D eigenvalue weighted by Gasteiger charge is -2.25. The van der Waals surface area contributed by atoms with Crippen LogP contribution in [0.1, 0.15) is 29.8 Å². The Morgan fingerprint density at radius 3 is 2.07 bits per heavy atom. The number of aliphatic carboxylic acids is 1. The van der Waals surface area contributed by atoms with E-state index in [1.165, 1.54) is 38.1 Å². The molecule has 0 aliphatic heterocycles. The Bertz CT molecular complexity index is 955. The summed E-state index contributed by atoms with van der Waals surface area (Å²) in [5.74, 6) is -3.37. The van der Waals surface area contributed by atoms with Gasteiger partial charge in [0.1, 0.15) is 5.71 Å². The molecule has 0 radical (unpaired) electrons. The lowest BCUT2D eigenvalue weighted by atomic mass is 9.93. The van der Waals surface area contributed by atoms with E-state index in [9.17, 15) is 35.1 Å². The summed E-state index contributed by atoms with van der Waals surface area (Å²) in [6.45, 7) is 2.72. The first-order valence-corrected chi connectivity index (χ1v) is 8.16. The number of benzene rings is 2. The topological polar surface area (TPSA) is 160 Å². The number of nitrogens with one attached hydrogen (secondary N) is 1. The molecule has 0 aliphatic rings. The van der Waals surface area contributed by atoms with Crippen LogP contribution in [0.3, 0.4) is 0 Å². The van der Waals surface area contributed by atoms with Gasteiger partial charge in [0.05, 0.1) is 0 Å². The molecule has 0 aliphatic carbocycles. The highest BCUT2D eigenvalue weighted by atomic mass is 16.4. The quantitative estimate of drug-likeness (QED) is 0.181. The van der Waals surface area contributed by atoms with Crippen LogP contribution in [0.25, 0.3) is 0 Å². The number of ketones is 1. The maximum atomic E-state index is 12.4. The maximum absolute atomic E-state index is 12.4. The minimum atomic E-state index is -1.61. The van der Waals surface area contributed by atoms with Crippen molar-refractivity contribution in [2.75, 3.05) is 0 Å². The summed E-state index contributed by atoms with van der Waals surface area (Å²) in [6, 6.07) is 7.46. The summed E-state index contributed by atoms with van der Waals surface area (Å²) in [7, 11) is 0. The van der Waals surface area contributed by atoms with Crippen LogP contribution in [0, 0.1) is 0 Å². The number of carboxylic acids is 1. The highest BCUT2D eigenvalue weighted by Crippen LogP contribution is 2.27. The van der Waals surface area contributed by atoms with Crippen molar-refractivity contribution in [1.82, 2.24) is 5.43 Å². The van der Waals surface area contributed by atoms with E-state index < -0.39 is 23.0 Å². The number of hydrazone groups is 1. The fourth-order valence-electron chi connectivity index (χ4n) is 2.38. The molecule has 9 heteroatoms. The molecule has 0 saturated carbocycles. The van der Waals surface area contributed by atoms with E-state index >= 15 is 0 Å². The first-order chi connectivity index (χ1) is 13.0. The zero-order valence-corrected chi connectivity index (χ0v) is 15.2. The Hall–Kier alpha value is -3.75. The van der Waals surface area contributed by atoms with Gasteiger partial charge in [0.2, 0.25) is 5.78 Å². The van der Waals surface area contributed by atoms with Crippen LogP contribution < -0.4 is 5.43 Å². The second-order valence-corrected chi connectivity index (χ2v) is 6.48. The number of carbonyl (C=O) groups excluding carboxylic acids is 1. The average Bonchev–Trinajstić information content (AvgIpc) is 2.64. The molecule has 148 valence electrons. The Morgan fingerprint density at radius 1 is 0.964 bits per heavy atom. The van der Waals surface area contributed by atoms with E-state index in [0.717, 1.165) is 12.1 Å². The second kappa shape index (κ2) is 7.87. The molecule has 0 bridgehead atoms. The fourth-order valence-corrected chi connectivity index (χ4v) is 2.38. The van der Waals surface area contributed by atoms with E-state index in [0.29, 0.717) is 5.56 Å². The third-order valence-corrected chi connectivity index (χ3v) is 4.11. The summed E-state index contributed by atoms with van der Waals surface area (Å²) in [5, 5.41) is 51.2. The number of carboxylic acid groups (broad SMARTS) is 1. The Kier molecular flexibility index (Phi) is 5.78. The van der Waals surface area contributed by atoms with Gasteiger partial charge in [0.25, 0.3) is 0 Å². The molecule has 2 aromatic rings. The first-order valence-electron chi connectivity index (χ1n) is 8.16. The molecule has 0 fully saturated rings. The Morgan fingerprint density at radius 2 is 1.54 bits per heavy atom. The van der Waals surface area contributed by atoms with Gasteiger partial charge in [0, 0.05) is 12.0 Å². The largest absolute Gasteiger partial charge is 0.504 e. The molecule has 28 heavy (non-hydrogen) atoms. The number of rotatable bonds is 7. The van der Waals surface area contributed by atoms with Crippen LogP contribution in [-0.2, 0) is 11.2 Å². The van der Waals surface area contributed by atoms with Gasteiger partial charge in [0.15, 0.2) is 28.5 Å². The predicted octanol–water partition coefficient (Wildman–Crippen LogP) is 1.74. The molecular formula is C19H20N2O7. The lowest BCUT2D eigenvalue weighted by molar-refractivity contribution is -0.144. The minimum Gasteiger partial charge on any atom is -0.504 e. The smallest absolute Gasteiger partial charge is 0.330 e. The molecule has 6 N–H and O–H groups in total. The Balaban J connectivity index is 2.22. The third-order valence-electron chi connectivity index (χ3n) is 4.11. The second-order valence-electron chi connectivity index (χ2n) is 6.48. The normalized spacial score (nSPS) is 13.6. The summed E-state index contributed by atoms with van der Waals surface area (Å²) < 4.78 is 0. The maximum Gasteiger partial charge on any atom is 0.330 e. The van der Waals surface area contributed by atoms with Crippen molar-refractivity contribution in [3.05, 3.63) is 47.5 Å². The van der Waals surface area contributed by atoms with Crippen molar-refractivity contribution in [1.29, 1.82) is 0 Å². The number of aromatic hydroxyl groups is 4. The van der Waals surface area contributed by atoms with Gasteiger partial charge in [-0.3, -0.25) is 10.2 Å². The summed E-state index contributed by atoms with van der Waals surface area (Å²) in [5.41, 5.74) is 1.29. The van der Waals surface area contributed by atoms with E-state index in [1.807, 2.05) is 0 Å². The number of hydrogen-bond acceptors (Lipinski definition) is 8. The van der Waals surface area contributed by atoms with E-state index in [1.54, 1.807) is 0 Å². The van der Waals surface area contributed by atoms with Gasteiger partial charge in [-0.25, -0.2) is 4.79 Å². The standard InChI is InChI=1S/C19H20N2O7/c1-10(17(26)12-4-6-14(23)16(25)8-12)20-21-19(2,18(27)28)9-11-3-5-13(22)15(24)7-11/h3-8,21-25H,9H2,1-2H3,(H,27,28)/b20-10-/t19-/m1/s1. The van der Waals surface area contributed by atoms with Crippen LogP contribution in [-0.4, -0.2) is 48.5 Å². The molecule has 0 unspecified atom stereocenters. The number of Topliss-reactive ketones (excluding diaryl/α,β-unsaturated/α-hetero) is 1. The highest BCUT2D eigenvalue weighted by molar-refractivity contribution is 6.45. The van der Waals surface area contributed by atoms with E-state index in [4.69, 9.17) is 0 Å². The Labute approximate surface area is 160 Å². The van der Waals surface area contributed by atoms with Crippen molar-refractivity contribution in [2.45, 2.75) is 25.8 Å². The van der Waals surface area contributed by atoms with Crippen molar-refractivity contribution in [3.63, 3.8) is 0 Å². The third kappa shape index (κ3) is 4.50. The molecule has 2 aromatic carbocycles. The van der Waals surface area contributed by atoms with Crippen LogP contribution >= 0.6 is 0 Å². The molecule has 1 atom stereocenters. The number of carbonyl (C=O) groups is 2. The zero-order valence-electron chi connectivity index (χ0n) is 15.2. The number of phenols is 4. The van der Waals surface area contributed by atoms with Crippen LogP contribution in [0.15, 0.2) is 41.5 Å². The highest BCUT2D eigenvalue weighted by Gasteiger charge is 2.33. The molecule has 0 spiro atoms. The number of nitrogens with zero attached hydrogens (tertiary/aromatic N) is 1. The molecule has 0 amide bonds. The summed E-state index contributed by atoms with van der Waals surface area (Å²) >= 11 is 0. The van der Waals surface area contributed by atoms with Gasteiger partial charge in [-0.15, -0.1) is 0 Å². The monoisotopic (exact) mass is 388 g/mol. The van der Waals surface area contributed by atoms with Crippen LogP contribution in [0.5, 0.6) is 23.0 Å². The van der Waals surface area contributed by atoms with Gasteiger partial charge >= 0.3 is 5.97 Å². The van der Waals surface area contributed by atoms with Gasteiger partial charge in [-0.1, -0.05) is 6.07 Å². The molecule has 0 saturated heterocycles. The van der Waals surface area contributed by atoms with Crippen molar-refractivity contribution in [3.8, 4) is 23.0 Å². The molecule has 0 aromatic heterocycles. The fraction of sp³-hybridized carbons (Fsp3) is 0.211. The summed E-state index contributed by atoms with van der Waals surface area (Å²) in [6.07, 6.45) is -0.0961. The first kappa shape index (κ1) is 20.6. The molecule has 2 rings (SSSR count). The lowest BCUT2D eigenvalue weighted by Crippen LogP contribution is -2.49. The summed E-state index contributed by atoms with van der Waals surface area (Å²) in [4.78, 5) is 24.1. The zero-order chi connectivity index (χ0) is 21.1. The SMILES string of the molecule is C/C(=N/N[C@](C)(Cc1ccc(O)c(O)c1)C(=O)O)C(=O)c1ccc(O)c(O)c1. The van der Waals surface area contributed by atoms with Crippen molar-refractivity contribution in [2.24, 2.45) is 5.10 Å². The molecule has 9 nitrogen and oxygen atoms in total. The molecule has 0 heterocycles. The minimum absolute atomic E-state index is 0.0638. The van der Waals surface area contributed by atoms with Gasteiger partial charge in [-0.2, -0.15) is 5.10 Å². The van der Waals surface area contributed by atoms with Crippen molar-refractivity contribution >= 4 is 17.5 Å². The van der Waals surface area contributed by atoms with Gasteiger partial charge < -0.3 is 25.5 Å². The van der Waals surface area contributed by atoms with E-state index in [2.05, 4.69) is 10.5 Å². The number of phenolic OH excluding ortho intramolecular Hbond substituents is 4. The number of hydrogen-bond donors (Lipinski definition) is 6. The van der Waals surface area contributed by atoms with Crippen LogP contribution in [0.2, 0.25) is 0 Å². The predicted molar refractivity (Wildman–Crippen MR) is 99.9 cm³/mol. The van der Waals surface area contributed by atoms with Crippen molar-refractivity contribution < 1.29 is 35.1 Å². The van der Waals surface area contributed by atoms with Gasteiger partial charge in [-0.05, 0) is 49.7 Å². The molecular weight excluding hydrogens is 368 g/mol. The average molecular weight is 388 g/mol. The van der Waals surface area contributed by atoms with E-state index in [-0.39, 0.29) is 34.9 Å². The van der Waals surface area contributed by atoms with Crippen LogP contribution in [0.4, 0.5) is 0 Å².